The van der Waals surface area contributed by atoms with Crippen LogP contribution in [-0.2, 0) is 5.60 Å². The molecule has 3 heteroatoms. The second kappa shape index (κ2) is 2.44. The van der Waals surface area contributed by atoms with E-state index in [0.717, 1.165) is 12.0 Å². The molecular weight excluding hydrogens is 174 g/mol. The van der Waals surface area contributed by atoms with Crippen LogP contribution in [0.5, 0.6) is 0 Å². The quantitative estimate of drug-likeness (QED) is 0.722. The Hall–Kier alpha value is -0.600. The number of nitrogens with zero attached hydrogens (tertiary/aromatic N) is 1. The maximum absolute atomic E-state index is 9.94. The van der Waals surface area contributed by atoms with Crippen LogP contribution in [0.3, 0.4) is 0 Å². The molecule has 0 aromatic carbocycles. The van der Waals surface area contributed by atoms with Gasteiger partial charge in [-0.15, -0.1) is 0 Å². The number of aliphatic hydroxyl groups is 1. The highest BCUT2D eigenvalue weighted by atomic mass is 35.5. The summed E-state index contributed by atoms with van der Waals surface area (Å²) >= 11 is 5.89. The molecule has 0 spiro atoms. The summed E-state index contributed by atoms with van der Waals surface area (Å²) in [6, 6.07) is 1.78. The molecule has 2 nitrogen and oxygen atoms in total. The van der Waals surface area contributed by atoms with E-state index in [4.69, 9.17) is 11.6 Å². The average Bonchev–Trinajstić information content (AvgIpc) is 2.61. The van der Waals surface area contributed by atoms with Gasteiger partial charge in [0.1, 0.15) is 0 Å². The molecule has 12 heavy (non-hydrogen) atoms. The Morgan fingerprint density at radius 1 is 1.75 bits per heavy atom. The van der Waals surface area contributed by atoms with E-state index in [2.05, 4.69) is 4.98 Å². The molecule has 0 bridgehead atoms. The van der Waals surface area contributed by atoms with Crippen LogP contribution in [0.25, 0.3) is 0 Å². The molecule has 1 aliphatic rings. The second-order valence-corrected chi connectivity index (χ2v) is 3.79. The smallest absolute Gasteiger partial charge is 0.0942 e. The summed E-state index contributed by atoms with van der Waals surface area (Å²) in [4.78, 5) is 3.87. The first kappa shape index (κ1) is 8.02. The van der Waals surface area contributed by atoms with Crippen molar-refractivity contribution in [1.82, 2.24) is 4.98 Å². The minimum absolute atomic E-state index is 0.317. The summed E-state index contributed by atoms with van der Waals surface area (Å²) in [6.07, 6.45) is 4.03. The van der Waals surface area contributed by atoms with Gasteiger partial charge in [-0.25, -0.2) is 0 Å². The zero-order valence-electron chi connectivity index (χ0n) is 6.79. The van der Waals surface area contributed by atoms with Crippen molar-refractivity contribution in [2.45, 2.75) is 18.9 Å². The van der Waals surface area contributed by atoms with Gasteiger partial charge in [0.25, 0.3) is 0 Å². The first-order valence-corrected chi connectivity index (χ1v) is 4.35. The third-order valence-corrected chi connectivity index (χ3v) is 2.81. The minimum Gasteiger partial charge on any atom is -0.385 e. The van der Waals surface area contributed by atoms with Crippen LogP contribution in [0.4, 0.5) is 0 Å². The van der Waals surface area contributed by atoms with Crippen LogP contribution >= 0.6 is 11.6 Å². The summed E-state index contributed by atoms with van der Waals surface area (Å²) < 4.78 is 0. The SMILES string of the molecule is CC1CC1(O)c1ccncc1Cl. The van der Waals surface area contributed by atoms with Crippen LogP contribution in [0.15, 0.2) is 18.5 Å². The zero-order chi connectivity index (χ0) is 8.77. The summed E-state index contributed by atoms with van der Waals surface area (Å²) in [5.41, 5.74) is 0.131. The van der Waals surface area contributed by atoms with Crippen molar-refractivity contribution in [2.75, 3.05) is 0 Å². The Morgan fingerprint density at radius 3 is 2.92 bits per heavy atom. The van der Waals surface area contributed by atoms with Crippen LogP contribution in [0.2, 0.25) is 5.02 Å². The highest BCUT2D eigenvalue weighted by Gasteiger charge is 2.51. The molecule has 0 radical (unpaired) electrons. The van der Waals surface area contributed by atoms with Crippen molar-refractivity contribution in [3.05, 3.63) is 29.0 Å². The van der Waals surface area contributed by atoms with E-state index in [9.17, 15) is 5.11 Å². The van der Waals surface area contributed by atoms with Crippen molar-refractivity contribution in [1.29, 1.82) is 0 Å². The first-order valence-electron chi connectivity index (χ1n) is 3.97. The molecule has 0 saturated heterocycles. The van der Waals surface area contributed by atoms with Crippen LogP contribution in [0, 0.1) is 5.92 Å². The molecule has 1 aromatic heterocycles. The monoisotopic (exact) mass is 183 g/mol. The number of rotatable bonds is 1. The number of aromatic nitrogens is 1. The standard InChI is InChI=1S/C9H10ClNO/c1-6-4-9(6,12)7-2-3-11-5-8(7)10/h2-3,5-6,12H,4H2,1H3. The van der Waals surface area contributed by atoms with E-state index in [-0.39, 0.29) is 0 Å². The van der Waals surface area contributed by atoms with Gasteiger partial charge in [-0.05, 0) is 18.4 Å². The van der Waals surface area contributed by atoms with Gasteiger partial charge in [0.15, 0.2) is 0 Å². The fraction of sp³-hybridized carbons (Fsp3) is 0.444. The van der Waals surface area contributed by atoms with Gasteiger partial charge < -0.3 is 5.11 Å². The summed E-state index contributed by atoms with van der Waals surface area (Å²) in [7, 11) is 0. The molecule has 0 amide bonds. The van der Waals surface area contributed by atoms with Gasteiger partial charge in [-0.3, -0.25) is 4.98 Å². The number of hydrogen-bond donors (Lipinski definition) is 1. The van der Waals surface area contributed by atoms with Crippen molar-refractivity contribution in [2.24, 2.45) is 5.92 Å². The van der Waals surface area contributed by atoms with E-state index < -0.39 is 5.60 Å². The lowest BCUT2D eigenvalue weighted by Crippen LogP contribution is -2.08. The molecule has 64 valence electrons. The number of halogens is 1. The highest BCUT2D eigenvalue weighted by Crippen LogP contribution is 2.52. The molecule has 1 saturated carbocycles. The molecule has 1 fully saturated rings. The van der Waals surface area contributed by atoms with Crippen molar-refractivity contribution in [3.8, 4) is 0 Å². The Bertz CT molecular complexity index is 315. The summed E-state index contributed by atoms with van der Waals surface area (Å²) in [6.45, 7) is 2.01. The van der Waals surface area contributed by atoms with Gasteiger partial charge in [-0.1, -0.05) is 18.5 Å². The lowest BCUT2D eigenvalue weighted by Gasteiger charge is -2.10. The fourth-order valence-electron chi connectivity index (χ4n) is 1.51. The molecule has 2 unspecified atom stereocenters. The Labute approximate surface area is 76.2 Å². The van der Waals surface area contributed by atoms with Gasteiger partial charge in [-0.2, -0.15) is 0 Å². The molecule has 1 heterocycles. The lowest BCUT2D eigenvalue weighted by atomic mass is 10.1. The lowest BCUT2D eigenvalue weighted by molar-refractivity contribution is 0.135. The topological polar surface area (TPSA) is 33.1 Å². The molecule has 1 N–H and O–H groups in total. The third kappa shape index (κ3) is 1.03. The van der Waals surface area contributed by atoms with E-state index in [1.807, 2.05) is 6.92 Å². The van der Waals surface area contributed by atoms with Crippen molar-refractivity contribution in [3.63, 3.8) is 0 Å². The minimum atomic E-state index is -0.681. The summed E-state index contributed by atoms with van der Waals surface area (Å²) in [5.74, 6) is 0.317. The van der Waals surface area contributed by atoms with Crippen LogP contribution in [0.1, 0.15) is 18.9 Å². The van der Waals surface area contributed by atoms with E-state index in [1.54, 1.807) is 18.5 Å². The van der Waals surface area contributed by atoms with E-state index >= 15 is 0 Å². The van der Waals surface area contributed by atoms with Crippen molar-refractivity contribution < 1.29 is 5.11 Å². The third-order valence-electron chi connectivity index (χ3n) is 2.51. The molecule has 0 aliphatic heterocycles. The van der Waals surface area contributed by atoms with Gasteiger partial charge >= 0.3 is 0 Å². The predicted octanol–water partition coefficient (Wildman–Crippen LogP) is 1.96. The van der Waals surface area contributed by atoms with Gasteiger partial charge in [0.05, 0.1) is 10.6 Å². The molecular formula is C9H10ClNO. The van der Waals surface area contributed by atoms with E-state index in [0.29, 0.717) is 10.9 Å². The maximum Gasteiger partial charge on any atom is 0.0942 e. The highest BCUT2D eigenvalue weighted by molar-refractivity contribution is 6.31. The number of pyridine rings is 1. The molecule has 2 atom stereocenters. The Morgan fingerprint density at radius 2 is 2.42 bits per heavy atom. The zero-order valence-corrected chi connectivity index (χ0v) is 7.54. The molecule has 1 aliphatic carbocycles. The average molecular weight is 184 g/mol. The predicted molar refractivity (Wildman–Crippen MR) is 46.9 cm³/mol. The van der Waals surface area contributed by atoms with Gasteiger partial charge in [0, 0.05) is 18.0 Å². The van der Waals surface area contributed by atoms with Crippen molar-refractivity contribution >= 4 is 11.6 Å². The first-order chi connectivity index (χ1) is 5.64. The largest absolute Gasteiger partial charge is 0.385 e. The fourth-order valence-corrected chi connectivity index (χ4v) is 1.79. The summed E-state index contributed by atoms with van der Waals surface area (Å²) in [5, 5.41) is 10.5. The van der Waals surface area contributed by atoms with Crippen LogP contribution < -0.4 is 0 Å². The van der Waals surface area contributed by atoms with E-state index in [1.165, 1.54) is 0 Å². The normalized spacial score (nSPS) is 33.4. The molecule has 2 rings (SSSR count). The van der Waals surface area contributed by atoms with Gasteiger partial charge in [0.2, 0.25) is 0 Å². The Kier molecular flexibility index (Phi) is 1.63. The van der Waals surface area contributed by atoms with Crippen LogP contribution in [-0.4, -0.2) is 10.1 Å². The number of hydrogen-bond acceptors (Lipinski definition) is 2. The second-order valence-electron chi connectivity index (χ2n) is 3.38. The molecule has 1 aromatic rings. The Balaban J connectivity index is 2.41. The maximum atomic E-state index is 9.94.